The molecule has 13 heavy (non-hydrogen) atoms. The molecule has 0 aromatic heterocycles. The van der Waals surface area contributed by atoms with Crippen LogP contribution in [0.3, 0.4) is 0 Å². The van der Waals surface area contributed by atoms with Crippen molar-refractivity contribution in [3.63, 3.8) is 0 Å². The lowest BCUT2D eigenvalue weighted by atomic mass is 10.2. The highest BCUT2D eigenvalue weighted by Crippen LogP contribution is 2.35. The number of nitro groups is 1. The molecule has 0 aliphatic rings. The van der Waals surface area contributed by atoms with Gasteiger partial charge in [0.1, 0.15) is 6.07 Å². The second-order valence-corrected chi connectivity index (χ2v) is 2.25. The summed E-state index contributed by atoms with van der Waals surface area (Å²) >= 11 is 0. The fraction of sp³-hybridized carbons (Fsp3) is 0. The fourth-order valence-electron chi connectivity index (χ4n) is 0.797. The SMILES string of the molecule is N#[N+]c1cc([N+](=O)[O-])cc(O)c1N. The summed E-state index contributed by atoms with van der Waals surface area (Å²) in [6, 6.07) is 1.83. The first-order valence-electron chi connectivity index (χ1n) is 3.18. The molecular weight excluding hydrogens is 176 g/mol. The van der Waals surface area contributed by atoms with E-state index in [1.54, 1.807) is 0 Å². The number of anilines is 1. The lowest BCUT2D eigenvalue weighted by molar-refractivity contribution is -0.384. The maximum absolute atomic E-state index is 10.3. The van der Waals surface area contributed by atoms with Gasteiger partial charge in [-0.1, -0.05) is 0 Å². The zero-order chi connectivity index (χ0) is 10.0. The maximum Gasteiger partial charge on any atom is 0.418 e. The third-order valence-electron chi connectivity index (χ3n) is 1.44. The van der Waals surface area contributed by atoms with Crippen molar-refractivity contribution in [1.29, 1.82) is 5.39 Å². The average Bonchev–Trinajstić information content (AvgIpc) is 2.09. The van der Waals surface area contributed by atoms with E-state index in [-0.39, 0.29) is 17.1 Å². The highest BCUT2D eigenvalue weighted by Gasteiger charge is 2.21. The minimum Gasteiger partial charge on any atom is -0.505 e. The second-order valence-electron chi connectivity index (χ2n) is 2.25. The normalized spacial score (nSPS) is 9.15. The summed E-state index contributed by atoms with van der Waals surface area (Å²) in [4.78, 5) is 12.2. The van der Waals surface area contributed by atoms with Crippen molar-refractivity contribution in [3.05, 3.63) is 27.2 Å². The van der Waals surface area contributed by atoms with Crippen molar-refractivity contribution >= 4 is 17.1 Å². The van der Waals surface area contributed by atoms with Crippen LogP contribution in [0.25, 0.3) is 4.98 Å². The van der Waals surface area contributed by atoms with Gasteiger partial charge in [0.05, 0.1) is 11.0 Å². The molecule has 0 amide bonds. The number of diazo groups is 1. The Morgan fingerprint density at radius 1 is 1.62 bits per heavy atom. The van der Waals surface area contributed by atoms with Crippen LogP contribution < -0.4 is 5.73 Å². The van der Waals surface area contributed by atoms with Gasteiger partial charge in [-0.25, -0.2) is 0 Å². The van der Waals surface area contributed by atoms with Gasteiger partial charge in [-0.2, -0.15) is 0 Å². The van der Waals surface area contributed by atoms with E-state index in [9.17, 15) is 10.1 Å². The van der Waals surface area contributed by atoms with E-state index in [2.05, 4.69) is 4.98 Å². The Morgan fingerprint density at radius 3 is 2.69 bits per heavy atom. The molecular formula is C6H5N4O3+. The van der Waals surface area contributed by atoms with E-state index in [1.165, 1.54) is 0 Å². The Hall–Kier alpha value is -2.36. The Kier molecular flexibility index (Phi) is 1.98. The molecule has 66 valence electrons. The van der Waals surface area contributed by atoms with Gasteiger partial charge in [-0.05, 0) is 0 Å². The van der Waals surface area contributed by atoms with Crippen LogP contribution in [0.5, 0.6) is 5.75 Å². The number of non-ortho nitro benzene ring substituents is 1. The van der Waals surface area contributed by atoms with Crippen LogP contribution in [0.15, 0.2) is 12.1 Å². The van der Waals surface area contributed by atoms with Gasteiger partial charge in [-0.3, -0.25) is 10.1 Å². The number of phenolic OH excluding ortho intramolecular Hbond substituents is 1. The quantitative estimate of drug-likeness (QED) is 0.223. The van der Waals surface area contributed by atoms with Crippen LogP contribution in [0, 0.1) is 15.5 Å². The van der Waals surface area contributed by atoms with Crippen LogP contribution in [0.4, 0.5) is 17.1 Å². The number of benzene rings is 1. The Morgan fingerprint density at radius 2 is 2.23 bits per heavy atom. The summed E-state index contributed by atoms with van der Waals surface area (Å²) in [5, 5.41) is 27.7. The summed E-state index contributed by atoms with van der Waals surface area (Å²) in [5.74, 6) is -0.484. The first kappa shape index (κ1) is 8.73. The number of nitrogen functional groups attached to an aromatic ring is 1. The van der Waals surface area contributed by atoms with E-state index >= 15 is 0 Å². The molecule has 0 spiro atoms. The van der Waals surface area contributed by atoms with E-state index in [0.29, 0.717) is 0 Å². The molecule has 0 aliphatic carbocycles. The molecule has 0 fully saturated rings. The average molecular weight is 181 g/mol. The van der Waals surface area contributed by atoms with Crippen LogP contribution in [-0.2, 0) is 0 Å². The van der Waals surface area contributed by atoms with Crippen molar-refractivity contribution in [1.82, 2.24) is 0 Å². The Labute approximate surface area is 72.2 Å². The molecule has 0 atom stereocenters. The molecule has 1 aromatic carbocycles. The monoisotopic (exact) mass is 181 g/mol. The highest BCUT2D eigenvalue weighted by atomic mass is 16.6. The summed E-state index contributed by atoms with van der Waals surface area (Å²) in [6.45, 7) is 0. The highest BCUT2D eigenvalue weighted by molar-refractivity contribution is 5.76. The van der Waals surface area contributed by atoms with Gasteiger partial charge in [0, 0.05) is 0 Å². The van der Waals surface area contributed by atoms with E-state index in [1.807, 2.05) is 0 Å². The maximum atomic E-state index is 10.3. The first-order chi connectivity index (χ1) is 6.06. The first-order valence-corrected chi connectivity index (χ1v) is 3.18. The third kappa shape index (κ3) is 1.46. The van der Waals surface area contributed by atoms with Crippen LogP contribution >= 0.6 is 0 Å². The molecule has 3 N–H and O–H groups in total. The molecule has 7 heteroatoms. The number of nitrogens with zero attached hydrogens (tertiary/aromatic N) is 3. The van der Waals surface area contributed by atoms with Crippen molar-refractivity contribution in [2.45, 2.75) is 0 Å². The van der Waals surface area contributed by atoms with E-state index < -0.39 is 10.7 Å². The van der Waals surface area contributed by atoms with Gasteiger partial charge in [0.2, 0.25) is 5.39 Å². The van der Waals surface area contributed by atoms with Gasteiger partial charge in [-0.15, -0.1) is 0 Å². The minimum atomic E-state index is -0.728. The van der Waals surface area contributed by atoms with Crippen LogP contribution in [0.2, 0.25) is 0 Å². The number of hydrogen-bond donors (Lipinski definition) is 2. The van der Waals surface area contributed by atoms with Crippen molar-refractivity contribution < 1.29 is 10.0 Å². The standard InChI is InChI=1S/C6H4N4O3/c7-6-4(9-8)1-3(10(12)13)2-5(6)11/h1-2,7-8H/p+1. The smallest absolute Gasteiger partial charge is 0.418 e. The molecule has 0 saturated heterocycles. The molecule has 0 bridgehead atoms. The molecule has 0 unspecified atom stereocenters. The Balaban J connectivity index is 3.41. The number of phenols is 1. The van der Waals surface area contributed by atoms with Gasteiger partial charge in [0.25, 0.3) is 5.69 Å². The fourth-order valence-corrected chi connectivity index (χ4v) is 0.797. The molecule has 0 radical (unpaired) electrons. The van der Waals surface area contributed by atoms with Crippen LogP contribution in [-0.4, -0.2) is 10.0 Å². The predicted octanol–water partition coefficient (Wildman–Crippen LogP) is 1.37. The Bertz CT molecular complexity index is 409. The van der Waals surface area contributed by atoms with Crippen molar-refractivity contribution in [2.24, 2.45) is 0 Å². The number of aromatic hydroxyl groups is 1. The van der Waals surface area contributed by atoms with Gasteiger partial charge < -0.3 is 10.8 Å². The number of nitro benzene ring substituents is 1. The molecule has 1 rings (SSSR count). The zero-order valence-corrected chi connectivity index (χ0v) is 6.34. The molecule has 7 nitrogen and oxygen atoms in total. The predicted molar refractivity (Wildman–Crippen MR) is 43.9 cm³/mol. The van der Waals surface area contributed by atoms with E-state index in [4.69, 9.17) is 16.2 Å². The van der Waals surface area contributed by atoms with Gasteiger partial charge >= 0.3 is 5.69 Å². The molecule has 1 aromatic rings. The third-order valence-corrected chi connectivity index (χ3v) is 1.44. The molecule has 0 aliphatic heterocycles. The zero-order valence-electron chi connectivity index (χ0n) is 6.34. The summed E-state index contributed by atoms with van der Waals surface area (Å²) in [6.07, 6.45) is 0. The van der Waals surface area contributed by atoms with Crippen molar-refractivity contribution in [3.8, 4) is 5.75 Å². The number of nitrogens with two attached hydrogens (primary N) is 1. The summed E-state index contributed by atoms with van der Waals surface area (Å²) in [5.41, 5.74) is 4.42. The lowest BCUT2D eigenvalue weighted by Crippen LogP contribution is -1.91. The second kappa shape index (κ2) is 2.94. The summed E-state index contributed by atoms with van der Waals surface area (Å²) < 4.78 is 0. The largest absolute Gasteiger partial charge is 0.505 e. The molecule has 0 saturated carbocycles. The van der Waals surface area contributed by atoms with Crippen molar-refractivity contribution in [2.75, 3.05) is 5.73 Å². The van der Waals surface area contributed by atoms with Crippen LogP contribution in [0.1, 0.15) is 0 Å². The number of hydrogen-bond acceptors (Lipinski definition) is 5. The van der Waals surface area contributed by atoms with Gasteiger partial charge in [0.15, 0.2) is 16.4 Å². The molecule has 0 heterocycles. The van der Waals surface area contributed by atoms with E-state index in [0.717, 1.165) is 12.1 Å². The number of rotatable bonds is 1. The lowest BCUT2D eigenvalue weighted by Gasteiger charge is -1.94. The summed E-state index contributed by atoms with van der Waals surface area (Å²) in [7, 11) is 0. The topological polar surface area (TPSA) is 118 Å². The minimum absolute atomic E-state index is 0.201.